The fraction of sp³-hybridized carbons (Fsp3) is 0.769. The molecule has 0 radical (unpaired) electrons. The van der Waals surface area contributed by atoms with E-state index in [2.05, 4.69) is 12.2 Å². The summed E-state index contributed by atoms with van der Waals surface area (Å²) in [5, 5.41) is 11.8. The molecule has 0 aliphatic heterocycles. The van der Waals surface area contributed by atoms with Crippen LogP contribution in [-0.2, 0) is 4.79 Å². The van der Waals surface area contributed by atoms with Crippen molar-refractivity contribution in [1.82, 2.24) is 5.32 Å². The van der Waals surface area contributed by atoms with Gasteiger partial charge in [0.25, 0.3) is 0 Å². The number of nitrogens with one attached hydrogen (secondary N) is 1. The van der Waals surface area contributed by atoms with E-state index in [1.165, 1.54) is 18.4 Å². The van der Waals surface area contributed by atoms with Crippen molar-refractivity contribution in [2.75, 3.05) is 6.61 Å². The molecule has 0 spiro atoms. The lowest BCUT2D eigenvalue weighted by Crippen LogP contribution is -2.45. The number of rotatable bonds is 3. The van der Waals surface area contributed by atoms with Gasteiger partial charge in [0.05, 0.1) is 12.1 Å². The first-order chi connectivity index (χ1) is 7.43. The minimum absolute atomic E-state index is 0.0427. The number of hydrogen-bond acceptors (Lipinski definition) is 2. The molecule has 2 N–H and O–H groups in total. The van der Waals surface area contributed by atoms with E-state index in [1.54, 1.807) is 6.08 Å². The van der Waals surface area contributed by atoms with Crippen molar-refractivity contribution in [1.29, 1.82) is 0 Å². The summed E-state index contributed by atoms with van der Waals surface area (Å²) in [6, 6.07) is 0. The molecule has 3 heteroatoms. The van der Waals surface area contributed by atoms with E-state index in [0.29, 0.717) is 0 Å². The summed E-state index contributed by atoms with van der Waals surface area (Å²) in [7, 11) is 0. The Labute approximate surface area is 97.9 Å². The van der Waals surface area contributed by atoms with Gasteiger partial charge in [0.15, 0.2) is 0 Å². The third-order valence-corrected chi connectivity index (χ3v) is 3.11. The maximum Gasteiger partial charge on any atom is 0.244 e. The highest BCUT2D eigenvalue weighted by Crippen LogP contribution is 2.27. The molecule has 0 atom stereocenters. The molecule has 3 nitrogen and oxygen atoms in total. The summed E-state index contributed by atoms with van der Waals surface area (Å²) in [6.45, 7) is 5.84. The van der Waals surface area contributed by atoms with E-state index in [1.807, 2.05) is 13.8 Å². The van der Waals surface area contributed by atoms with Crippen molar-refractivity contribution < 1.29 is 9.90 Å². The lowest BCUT2D eigenvalue weighted by molar-refractivity contribution is -0.118. The molecule has 0 aromatic carbocycles. The van der Waals surface area contributed by atoms with Crippen LogP contribution in [0.5, 0.6) is 0 Å². The van der Waals surface area contributed by atoms with Crippen LogP contribution in [0.25, 0.3) is 0 Å². The quantitative estimate of drug-likeness (QED) is 0.722. The van der Waals surface area contributed by atoms with E-state index < -0.39 is 5.54 Å². The van der Waals surface area contributed by atoms with Crippen LogP contribution in [0.2, 0.25) is 0 Å². The average Bonchev–Trinajstić information content (AvgIpc) is 2.21. The second-order valence-electron chi connectivity index (χ2n) is 5.52. The summed E-state index contributed by atoms with van der Waals surface area (Å²) in [5.41, 5.74) is 0.708. The van der Waals surface area contributed by atoms with Gasteiger partial charge >= 0.3 is 0 Å². The SMILES string of the molecule is CC1CCC(=CC(=O)NC(C)(C)CO)CC1. The van der Waals surface area contributed by atoms with Crippen molar-refractivity contribution in [3.63, 3.8) is 0 Å². The third kappa shape index (κ3) is 4.35. The average molecular weight is 225 g/mol. The molecule has 0 bridgehead atoms. The fourth-order valence-electron chi connectivity index (χ4n) is 1.87. The molecule has 1 fully saturated rings. The normalized spacial score (nSPS) is 21.8. The molecule has 1 saturated carbocycles. The Morgan fingerprint density at radius 2 is 2.06 bits per heavy atom. The highest BCUT2D eigenvalue weighted by atomic mass is 16.3. The number of carbonyl (C=O) groups excluding carboxylic acids is 1. The van der Waals surface area contributed by atoms with Gasteiger partial charge in [-0.2, -0.15) is 0 Å². The van der Waals surface area contributed by atoms with Gasteiger partial charge in [-0.3, -0.25) is 4.79 Å². The van der Waals surface area contributed by atoms with Crippen molar-refractivity contribution in [2.45, 2.75) is 52.0 Å². The molecule has 0 aromatic rings. The summed E-state index contributed by atoms with van der Waals surface area (Å²) >= 11 is 0. The lowest BCUT2D eigenvalue weighted by atomic mass is 9.87. The van der Waals surface area contributed by atoms with Gasteiger partial charge in [-0.1, -0.05) is 12.5 Å². The first kappa shape index (κ1) is 13.2. The van der Waals surface area contributed by atoms with Crippen LogP contribution >= 0.6 is 0 Å². The van der Waals surface area contributed by atoms with Crippen LogP contribution in [0, 0.1) is 5.92 Å². The highest BCUT2D eigenvalue weighted by molar-refractivity contribution is 5.88. The summed E-state index contributed by atoms with van der Waals surface area (Å²) in [5.74, 6) is 0.706. The Bertz CT molecular complexity index is 272. The topological polar surface area (TPSA) is 49.3 Å². The smallest absolute Gasteiger partial charge is 0.244 e. The van der Waals surface area contributed by atoms with Crippen molar-refractivity contribution in [2.24, 2.45) is 5.92 Å². The van der Waals surface area contributed by atoms with Gasteiger partial charge < -0.3 is 10.4 Å². The number of aliphatic hydroxyl groups is 1. The molecule has 1 aliphatic carbocycles. The molecule has 0 saturated heterocycles. The Balaban J connectivity index is 2.47. The molecule has 0 aromatic heterocycles. The first-order valence-corrected chi connectivity index (χ1v) is 6.05. The summed E-state index contributed by atoms with van der Waals surface area (Å²) < 4.78 is 0. The molecule has 1 rings (SSSR count). The highest BCUT2D eigenvalue weighted by Gasteiger charge is 2.19. The molecule has 0 unspecified atom stereocenters. The minimum atomic E-state index is -0.532. The molecular weight excluding hydrogens is 202 g/mol. The van der Waals surface area contributed by atoms with Crippen molar-refractivity contribution in [3.05, 3.63) is 11.6 Å². The van der Waals surface area contributed by atoms with Gasteiger partial charge in [-0.15, -0.1) is 0 Å². The van der Waals surface area contributed by atoms with Gasteiger partial charge in [-0.05, 0) is 45.4 Å². The van der Waals surface area contributed by atoms with E-state index >= 15 is 0 Å². The van der Waals surface area contributed by atoms with Gasteiger partial charge in [0.1, 0.15) is 0 Å². The van der Waals surface area contributed by atoms with Crippen LogP contribution < -0.4 is 5.32 Å². The lowest BCUT2D eigenvalue weighted by Gasteiger charge is -2.24. The predicted octanol–water partition coefficient (Wildman–Crippen LogP) is 2.01. The van der Waals surface area contributed by atoms with Crippen LogP contribution in [0.1, 0.15) is 46.5 Å². The Morgan fingerprint density at radius 1 is 1.50 bits per heavy atom. The maximum atomic E-state index is 11.7. The first-order valence-electron chi connectivity index (χ1n) is 6.05. The molecule has 0 heterocycles. The fourth-order valence-corrected chi connectivity index (χ4v) is 1.87. The van der Waals surface area contributed by atoms with E-state index in [0.717, 1.165) is 18.8 Å². The van der Waals surface area contributed by atoms with Crippen molar-refractivity contribution in [3.8, 4) is 0 Å². The number of amides is 1. The summed E-state index contributed by atoms with van der Waals surface area (Å²) in [4.78, 5) is 11.7. The van der Waals surface area contributed by atoms with Gasteiger partial charge in [0.2, 0.25) is 5.91 Å². The number of carbonyl (C=O) groups is 1. The van der Waals surface area contributed by atoms with E-state index in [9.17, 15) is 4.79 Å². The Hall–Kier alpha value is -0.830. The largest absolute Gasteiger partial charge is 0.394 e. The maximum absolute atomic E-state index is 11.7. The third-order valence-electron chi connectivity index (χ3n) is 3.11. The van der Waals surface area contributed by atoms with Crippen LogP contribution in [0.3, 0.4) is 0 Å². The number of hydrogen-bond donors (Lipinski definition) is 2. The molecule has 92 valence electrons. The molecule has 1 amide bonds. The molecule has 16 heavy (non-hydrogen) atoms. The standard InChI is InChI=1S/C13H23NO2/c1-10-4-6-11(7-5-10)8-12(16)14-13(2,3)9-15/h8,10,15H,4-7,9H2,1-3H3,(H,14,16). The zero-order chi connectivity index (χ0) is 12.2. The number of aliphatic hydroxyl groups excluding tert-OH is 1. The van der Waals surface area contributed by atoms with E-state index in [-0.39, 0.29) is 12.5 Å². The Kier molecular flexibility index (Phi) is 4.54. The zero-order valence-corrected chi connectivity index (χ0v) is 10.5. The molecular formula is C13H23NO2. The van der Waals surface area contributed by atoms with Crippen LogP contribution in [-0.4, -0.2) is 23.2 Å². The van der Waals surface area contributed by atoms with Crippen LogP contribution in [0.15, 0.2) is 11.6 Å². The second-order valence-corrected chi connectivity index (χ2v) is 5.52. The zero-order valence-electron chi connectivity index (χ0n) is 10.5. The van der Waals surface area contributed by atoms with Crippen molar-refractivity contribution >= 4 is 5.91 Å². The predicted molar refractivity (Wildman–Crippen MR) is 65.0 cm³/mol. The summed E-state index contributed by atoms with van der Waals surface area (Å²) in [6.07, 6.45) is 6.15. The van der Waals surface area contributed by atoms with Crippen LogP contribution in [0.4, 0.5) is 0 Å². The second kappa shape index (κ2) is 5.48. The van der Waals surface area contributed by atoms with Gasteiger partial charge in [0, 0.05) is 6.08 Å². The minimum Gasteiger partial charge on any atom is -0.394 e. The Morgan fingerprint density at radius 3 is 2.56 bits per heavy atom. The molecule has 1 aliphatic rings. The number of allylic oxidation sites excluding steroid dienone is 1. The van der Waals surface area contributed by atoms with E-state index in [4.69, 9.17) is 5.11 Å². The van der Waals surface area contributed by atoms with Gasteiger partial charge in [-0.25, -0.2) is 0 Å². The monoisotopic (exact) mass is 225 g/mol.